The summed E-state index contributed by atoms with van der Waals surface area (Å²) in [4.78, 5) is 42.1. The van der Waals surface area contributed by atoms with Crippen LogP contribution in [0.5, 0.6) is 5.75 Å². The van der Waals surface area contributed by atoms with Gasteiger partial charge in [-0.05, 0) is 42.5 Å². The van der Waals surface area contributed by atoms with E-state index in [2.05, 4.69) is 26.7 Å². The van der Waals surface area contributed by atoms with Gasteiger partial charge in [0.25, 0.3) is 5.56 Å². The standard InChI is InChI=1S/C22H20N4O5/c27-18-17(21(29)30)25-19(26-20(18)28)14-9-3-4-10-16(14)24-22(31)23-15-11-5-7-12-6-1-2-8-13(12)15/h1-4,6,8-10,15,27H,5,7,11H2,(H,29,30)(H2,23,24,31)(H,25,26,28). The van der Waals surface area contributed by atoms with Crippen LogP contribution in [0.4, 0.5) is 10.5 Å². The van der Waals surface area contributed by atoms with E-state index in [1.165, 1.54) is 5.56 Å². The number of para-hydroxylation sites is 1. The van der Waals surface area contributed by atoms with Gasteiger partial charge in [0, 0.05) is 5.56 Å². The minimum absolute atomic E-state index is 0.0842. The number of anilines is 1. The highest BCUT2D eigenvalue weighted by Crippen LogP contribution is 2.30. The first-order valence-electron chi connectivity index (χ1n) is 9.75. The molecule has 3 aromatic rings. The van der Waals surface area contributed by atoms with Crippen LogP contribution < -0.4 is 16.2 Å². The summed E-state index contributed by atoms with van der Waals surface area (Å²) in [7, 11) is 0. The second kappa shape index (κ2) is 8.31. The number of aromatic carboxylic acids is 1. The molecule has 1 aromatic heterocycles. The van der Waals surface area contributed by atoms with Gasteiger partial charge in [0.05, 0.1) is 11.7 Å². The van der Waals surface area contributed by atoms with Crippen LogP contribution in [-0.4, -0.2) is 32.2 Å². The molecule has 1 unspecified atom stereocenters. The molecule has 31 heavy (non-hydrogen) atoms. The van der Waals surface area contributed by atoms with Gasteiger partial charge in [0.2, 0.25) is 5.75 Å². The zero-order valence-corrected chi connectivity index (χ0v) is 16.4. The van der Waals surface area contributed by atoms with Crippen molar-refractivity contribution in [2.24, 2.45) is 0 Å². The number of aromatic hydroxyl groups is 1. The van der Waals surface area contributed by atoms with E-state index in [0.717, 1.165) is 24.8 Å². The minimum Gasteiger partial charge on any atom is -0.501 e. The number of carbonyl (C=O) groups is 2. The molecule has 2 amide bonds. The number of nitrogens with zero attached hydrogens (tertiary/aromatic N) is 1. The van der Waals surface area contributed by atoms with Crippen LogP contribution in [0.25, 0.3) is 11.4 Å². The molecule has 9 heteroatoms. The zero-order chi connectivity index (χ0) is 22.0. The Morgan fingerprint density at radius 1 is 1.10 bits per heavy atom. The summed E-state index contributed by atoms with van der Waals surface area (Å²) in [6.45, 7) is 0. The molecule has 1 aliphatic carbocycles. The fourth-order valence-corrected chi connectivity index (χ4v) is 3.76. The van der Waals surface area contributed by atoms with Gasteiger partial charge in [-0.1, -0.05) is 36.4 Å². The van der Waals surface area contributed by atoms with Gasteiger partial charge in [-0.2, -0.15) is 0 Å². The molecule has 0 aliphatic heterocycles. The van der Waals surface area contributed by atoms with Gasteiger partial charge < -0.3 is 25.8 Å². The van der Waals surface area contributed by atoms with Crippen molar-refractivity contribution in [2.45, 2.75) is 25.3 Å². The lowest BCUT2D eigenvalue weighted by atomic mass is 9.88. The van der Waals surface area contributed by atoms with Crippen molar-refractivity contribution in [1.29, 1.82) is 0 Å². The fourth-order valence-electron chi connectivity index (χ4n) is 3.76. The SMILES string of the molecule is O=C(Nc1ccccc1-c1nc(C(=O)O)c(O)c(=O)[nH]1)NC1CCCc2ccccc21. The van der Waals surface area contributed by atoms with Crippen LogP contribution >= 0.6 is 0 Å². The molecule has 1 heterocycles. The third-order valence-electron chi connectivity index (χ3n) is 5.20. The van der Waals surface area contributed by atoms with E-state index >= 15 is 0 Å². The largest absolute Gasteiger partial charge is 0.501 e. The summed E-state index contributed by atoms with van der Waals surface area (Å²) in [6, 6.07) is 14.0. The predicted molar refractivity (Wildman–Crippen MR) is 113 cm³/mol. The molecule has 1 atom stereocenters. The maximum absolute atomic E-state index is 12.7. The quantitative estimate of drug-likeness (QED) is 0.439. The van der Waals surface area contributed by atoms with Crippen LogP contribution in [-0.2, 0) is 6.42 Å². The van der Waals surface area contributed by atoms with Crippen molar-refractivity contribution >= 4 is 17.7 Å². The van der Waals surface area contributed by atoms with E-state index in [9.17, 15) is 24.6 Å². The molecule has 0 saturated heterocycles. The van der Waals surface area contributed by atoms with Gasteiger partial charge in [0.15, 0.2) is 5.69 Å². The molecule has 1 aliphatic rings. The number of fused-ring (bicyclic) bond motifs is 1. The number of hydrogen-bond acceptors (Lipinski definition) is 5. The normalized spacial score (nSPS) is 15.0. The van der Waals surface area contributed by atoms with Crippen LogP contribution in [0.3, 0.4) is 0 Å². The number of carboxylic acid groups (broad SMARTS) is 1. The number of nitrogens with one attached hydrogen (secondary N) is 3. The molecule has 0 fully saturated rings. The van der Waals surface area contributed by atoms with Crippen molar-refractivity contribution in [3.8, 4) is 17.1 Å². The number of aromatic nitrogens is 2. The number of aryl methyl sites for hydroxylation is 1. The van der Waals surface area contributed by atoms with Gasteiger partial charge in [0.1, 0.15) is 5.82 Å². The van der Waals surface area contributed by atoms with Gasteiger partial charge in [-0.3, -0.25) is 4.79 Å². The smallest absolute Gasteiger partial charge is 0.358 e. The summed E-state index contributed by atoms with van der Waals surface area (Å²) in [5.41, 5.74) is 1.19. The number of H-pyrrole nitrogens is 1. The highest BCUT2D eigenvalue weighted by atomic mass is 16.4. The Hall–Kier alpha value is -4.14. The lowest BCUT2D eigenvalue weighted by Crippen LogP contribution is -2.34. The number of rotatable bonds is 4. The number of hydrogen-bond donors (Lipinski definition) is 5. The maximum Gasteiger partial charge on any atom is 0.358 e. The van der Waals surface area contributed by atoms with Crippen molar-refractivity contribution in [3.63, 3.8) is 0 Å². The average Bonchev–Trinajstić information content (AvgIpc) is 2.76. The van der Waals surface area contributed by atoms with Crippen LogP contribution in [0, 0.1) is 0 Å². The highest BCUT2D eigenvalue weighted by Gasteiger charge is 2.23. The van der Waals surface area contributed by atoms with Crippen molar-refractivity contribution < 1.29 is 19.8 Å². The van der Waals surface area contributed by atoms with E-state index in [0.29, 0.717) is 11.3 Å². The molecule has 0 radical (unpaired) electrons. The molecule has 5 N–H and O–H groups in total. The molecule has 4 rings (SSSR count). The van der Waals surface area contributed by atoms with E-state index in [-0.39, 0.29) is 11.9 Å². The minimum atomic E-state index is -1.54. The third-order valence-corrected chi connectivity index (χ3v) is 5.20. The predicted octanol–water partition coefficient (Wildman–Crippen LogP) is 3.04. The monoisotopic (exact) mass is 420 g/mol. The first kappa shape index (κ1) is 20.1. The number of aromatic amines is 1. The summed E-state index contributed by atoms with van der Waals surface area (Å²) in [5, 5.41) is 24.6. The van der Waals surface area contributed by atoms with E-state index in [4.69, 9.17) is 0 Å². The number of amides is 2. The first-order valence-corrected chi connectivity index (χ1v) is 9.75. The van der Waals surface area contributed by atoms with Gasteiger partial charge >= 0.3 is 12.0 Å². The Balaban J connectivity index is 1.60. The second-order valence-corrected chi connectivity index (χ2v) is 7.20. The molecule has 0 bridgehead atoms. The van der Waals surface area contributed by atoms with Crippen molar-refractivity contribution in [1.82, 2.24) is 15.3 Å². The van der Waals surface area contributed by atoms with E-state index < -0.39 is 29.0 Å². The van der Waals surface area contributed by atoms with Crippen LogP contribution in [0.15, 0.2) is 53.3 Å². The maximum atomic E-state index is 12.7. The summed E-state index contributed by atoms with van der Waals surface area (Å²) in [6.07, 6.45) is 2.76. The Morgan fingerprint density at radius 2 is 1.84 bits per heavy atom. The third kappa shape index (κ3) is 4.11. The lowest BCUT2D eigenvalue weighted by Gasteiger charge is -2.26. The Morgan fingerprint density at radius 3 is 2.65 bits per heavy atom. The fraction of sp³-hybridized carbons (Fsp3) is 0.182. The topological polar surface area (TPSA) is 144 Å². The van der Waals surface area contributed by atoms with Crippen LogP contribution in [0.2, 0.25) is 0 Å². The number of benzene rings is 2. The molecular weight excluding hydrogens is 400 g/mol. The second-order valence-electron chi connectivity index (χ2n) is 7.20. The Kier molecular flexibility index (Phi) is 5.40. The molecule has 9 nitrogen and oxygen atoms in total. The summed E-state index contributed by atoms with van der Waals surface area (Å²) < 4.78 is 0. The average molecular weight is 420 g/mol. The van der Waals surface area contributed by atoms with Gasteiger partial charge in [-0.15, -0.1) is 0 Å². The Bertz CT molecular complexity index is 1220. The van der Waals surface area contributed by atoms with Gasteiger partial charge in [-0.25, -0.2) is 14.6 Å². The molecule has 0 spiro atoms. The number of carboxylic acids is 1. The van der Waals surface area contributed by atoms with E-state index in [1.54, 1.807) is 24.3 Å². The number of carbonyl (C=O) groups excluding carboxylic acids is 1. The molecule has 2 aromatic carbocycles. The number of urea groups is 1. The van der Waals surface area contributed by atoms with Crippen molar-refractivity contribution in [3.05, 3.63) is 75.7 Å². The lowest BCUT2D eigenvalue weighted by molar-refractivity contribution is 0.0686. The summed E-state index contributed by atoms with van der Waals surface area (Å²) >= 11 is 0. The Labute approximate surface area is 176 Å². The van der Waals surface area contributed by atoms with E-state index in [1.807, 2.05) is 18.2 Å². The van der Waals surface area contributed by atoms with Crippen LogP contribution in [0.1, 0.15) is 40.5 Å². The highest BCUT2D eigenvalue weighted by molar-refractivity contribution is 5.94. The first-order chi connectivity index (χ1) is 14.9. The molecule has 0 saturated carbocycles. The van der Waals surface area contributed by atoms with Crippen molar-refractivity contribution in [2.75, 3.05) is 5.32 Å². The zero-order valence-electron chi connectivity index (χ0n) is 16.4. The molecular formula is C22H20N4O5. The molecule has 158 valence electrons. The summed E-state index contributed by atoms with van der Waals surface area (Å²) in [5.74, 6) is -2.60.